The molecule has 0 fully saturated rings. The Bertz CT molecular complexity index is 527. The van der Waals surface area contributed by atoms with Crippen LogP contribution in [0, 0.1) is 20.8 Å². The minimum atomic E-state index is 0.557. The smallest absolute Gasteiger partial charge is 0.135 e. The Hall–Kier alpha value is -1.41. The molecular formula is C14H15ClN2. The van der Waals surface area contributed by atoms with Crippen molar-refractivity contribution in [2.24, 2.45) is 0 Å². The van der Waals surface area contributed by atoms with Crippen LogP contribution >= 0.6 is 11.6 Å². The third-order valence-corrected chi connectivity index (χ3v) is 3.35. The molecule has 0 saturated heterocycles. The number of benzene rings is 1. The van der Waals surface area contributed by atoms with Crippen molar-refractivity contribution in [3.8, 4) is 0 Å². The van der Waals surface area contributed by atoms with Gasteiger partial charge < -0.3 is 0 Å². The van der Waals surface area contributed by atoms with E-state index in [1.165, 1.54) is 11.1 Å². The summed E-state index contributed by atoms with van der Waals surface area (Å²) < 4.78 is 0. The van der Waals surface area contributed by atoms with Crippen LogP contribution in [0.15, 0.2) is 24.3 Å². The standard InChI is InChI=1S/C14H15ClN2/c1-9-6-4-5-7-12(9)8-13-16-11(3)10(2)14(15)17-13/h4-7H,8H2,1-3H3. The lowest BCUT2D eigenvalue weighted by Crippen LogP contribution is -2.02. The van der Waals surface area contributed by atoms with Crippen molar-refractivity contribution >= 4 is 11.6 Å². The summed E-state index contributed by atoms with van der Waals surface area (Å²) in [5.41, 5.74) is 4.41. The summed E-state index contributed by atoms with van der Waals surface area (Å²) >= 11 is 6.07. The molecule has 2 nitrogen and oxygen atoms in total. The highest BCUT2D eigenvalue weighted by Gasteiger charge is 2.07. The molecule has 0 aliphatic heterocycles. The number of hydrogen-bond donors (Lipinski definition) is 0. The molecule has 0 bridgehead atoms. The topological polar surface area (TPSA) is 25.8 Å². The fourth-order valence-corrected chi connectivity index (χ4v) is 1.94. The Morgan fingerprint density at radius 1 is 1.06 bits per heavy atom. The first-order valence-electron chi connectivity index (χ1n) is 5.62. The van der Waals surface area contributed by atoms with Crippen LogP contribution in [0.2, 0.25) is 5.15 Å². The van der Waals surface area contributed by atoms with Gasteiger partial charge in [0.1, 0.15) is 11.0 Å². The summed E-state index contributed by atoms with van der Waals surface area (Å²) in [4.78, 5) is 8.80. The normalized spacial score (nSPS) is 10.6. The molecule has 88 valence electrons. The summed E-state index contributed by atoms with van der Waals surface area (Å²) in [6, 6.07) is 8.26. The largest absolute Gasteiger partial charge is 0.238 e. The van der Waals surface area contributed by atoms with E-state index in [2.05, 4.69) is 29.0 Å². The van der Waals surface area contributed by atoms with Crippen molar-refractivity contribution < 1.29 is 0 Å². The summed E-state index contributed by atoms with van der Waals surface area (Å²) in [6.45, 7) is 6.00. The first-order chi connectivity index (χ1) is 8.08. The van der Waals surface area contributed by atoms with E-state index in [-0.39, 0.29) is 0 Å². The molecule has 2 rings (SSSR count). The van der Waals surface area contributed by atoms with Gasteiger partial charge >= 0.3 is 0 Å². The Morgan fingerprint density at radius 3 is 2.41 bits per heavy atom. The van der Waals surface area contributed by atoms with Crippen LogP contribution < -0.4 is 0 Å². The van der Waals surface area contributed by atoms with E-state index < -0.39 is 0 Å². The number of aryl methyl sites for hydroxylation is 2. The highest BCUT2D eigenvalue weighted by Crippen LogP contribution is 2.17. The van der Waals surface area contributed by atoms with E-state index in [1.807, 2.05) is 26.0 Å². The molecule has 0 amide bonds. The Morgan fingerprint density at radius 2 is 1.76 bits per heavy atom. The predicted octanol–water partition coefficient (Wildman–Crippen LogP) is 3.65. The first kappa shape index (κ1) is 12.1. The summed E-state index contributed by atoms with van der Waals surface area (Å²) in [5, 5.41) is 0.557. The fraction of sp³-hybridized carbons (Fsp3) is 0.286. The molecule has 3 heteroatoms. The minimum Gasteiger partial charge on any atom is -0.238 e. The van der Waals surface area contributed by atoms with Gasteiger partial charge in [0.2, 0.25) is 0 Å². The molecule has 0 saturated carbocycles. The highest BCUT2D eigenvalue weighted by molar-refractivity contribution is 6.30. The van der Waals surface area contributed by atoms with E-state index in [9.17, 15) is 0 Å². The number of hydrogen-bond acceptors (Lipinski definition) is 2. The van der Waals surface area contributed by atoms with Crippen molar-refractivity contribution in [2.75, 3.05) is 0 Å². The minimum absolute atomic E-state index is 0.557. The maximum atomic E-state index is 6.07. The average molecular weight is 247 g/mol. The van der Waals surface area contributed by atoms with Crippen molar-refractivity contribution in [1.82, 2.24) is 9.97 Å². The summed E-state index contributed by atoms with van der Waals surface area (Å²) in [5.74, 6) is 0.785. The maximum absolute atomic E-state index is 6.07. The van der Waals surface area contributed by atoms with Crippen LogP contribution in [0.4, 0.5) is 0 Å². The van der Waals surface area contributed by atoms with E-state index in [4.69, 9.17) is 11.6 Å². The highest BCUT2D eigenvalue weighted by atomic mass is 35.5. The van der Waals surface area contributed by atoms with Crippen LogP contribution in [0.5, 0.6) is 0 Å². The lowest BCUT2D eigenvalue weighted by atomic mass is 10.1. The average Bonchev–Trinajstić information content (AvgIpc) is 2.29. The number of rotatable bonds is 2. The molecule has 0 aliphatic rings. The molecule has 0 atom stereocenters. The van der Waals surface area contributed by atoms with E-state index in [0.29, 0.717) is 5.15 Å². The second-order valence-corrected chi connectivity index (χ2v) is 4.60. The lowest BCUT2D eigenvalue weighted by molar-refractivity contribution is 0.922. The van der Waals surface area contributed by atoms with E-state index >= 15 is 0 Å². The van der Waals surface area contributed by atoms with Crippen molar-refractivity contribution in [3.05, 3.63) is 57.6 Å². The van der Waals surface area contributed by atoms with Crippen LogP contribution in [0.25, 0.3) is 0 Å². The Labute approximate surface area is 107 Å². The van der Waals surface area contributed by atoms with Crippen LogP contribution in [0.1, 0.15) is 28.2 Å². The van der Waals surface area contributed by atoms with Gasteiger partial charge in [-0.2, -0.15) is 0 Å². The summed E-state index contributed by atoms with van der Waals surface area (Å²) in [6.07, 6.45) is 0.730. The quantitative estimate of drug-likeness (QED) is 0.756. The molecule has 0 N–H and O–H groups in total. The Balaban J connectivity index is 2.34. The second-order valence-electron chi connectivity index (χ2n) is 4.24. The molecule has 0 spiro atoms. The zero-order chi connectivity index (χ0) is 12.4. The van der Waals surface area contributed by atoms with Crippen molar-refractivity contribution in [1.29, 1.82) is 0 Å². The van der Waals surface area contributed by atoms with Crippen LogP contribution in [0.3, 0.4) is 0 Å². The van der Waals surface area contributed by atoms with Gasteiger partial charge in [0.05, 0.1) is 0 Å². The van der Waals surface area contributed by atoms with Crippen molar-refractivity contribution in [2.45, 2.75) is 27.2 Å². The van der Waals surface area contributed by atoms with E-state index in [0.717, 1.165) is 23.5 Å². The number of aromatic nitrogens is 2. The monoisotopic (exact) mass is 246 g/mol. The molecule has 0 aliphatic carbocycles. The predicted molar refractivity (Wildman–Crippen MR) is 70.5 cm³/mol. The maximum Gasteiger partial charge on any atom is 0.135 e. The third-order valence-electron chi connectivity index (χ3n) is 2.99. The number of nitrogens with zero attached hydrogens (tertiary/aromatic N) is 2. The molecule has 1 heterocycles. The molecule has 1 aromatic heterocycles. The van der Waals surface area contributed by atoms with Crippen LogP contribution in [-0.2, 0) is 6.42 Å². The lowest BCUT2D eigenvalue weighted by Gasteiger charge is -2.07. The molecule has 2 aromatic rings. The van der Waals surface area contributed by atoms with Gasteiger partial charge in [-0.25, -0.2) is 9.97 Å². The zero-order valence-corrected chi connectivity index (χ0v) is 11.0. The van der Waals surface area contributed by atoms with Crippen LogP contribution in [-0.4, -0.2) is 9.97 Å². The zero-order valence-electron chi connectivity index (χ0n) is 10.3. The molecule has 0 unspecified atom stereocenters. The third kappa shape index (κ3) is 2.64. The fourth-order valence-electron chi connectivity index (χ4n) is 1.71. The van der Waals surface area contributed by atoms with Gasteiger partial charge in [0, 0.05) is 17.7 Å². The molecule has 17 heavy (non-hydrogen) atoms. The van der Waals surface area contributed by atoms with Crippen molar-refractivity contribution in [3.63, 3.8) is 0 Å². The van der Waals surface area contributed by atoms with Gasteiger partial charge in [-0.15, -0.1) is 0 Å². The number of halogens is 1. The first-order valence-corrected chi connectivity index (χ1v) is 6.00. The van der Waals surface area contributed by atoms with E-state index in [1.54, 1.807) is 0 Å². The summed E-state index contributed by atoms with van der Waals surface area (Å²) in [7, 11) is 0. The van der Waals surface area contributed by atoms with Gasteiger partial charge in [-0.05, 0) is 31.9 Å². The molecule has 1 aromatic carbocycles. The molecule has 0 radical (unpaired) electrons. The molecular weight excluding hydrogens is 232 g/mol. The van der Waals surface area contributed by atoms with Gasteiger partial charge in [-0.1, -0.05) is 35.9 Å². The second kappa shape index (κ2) is 4.84. The van der Waals surface area contributed by atoms with Gasteiger partial charge in [0.15, 0.2) is 0 Å². The Kier molecular flexibility index (Phi) is 3.43. The SMILES string of the molecule is Cc1ccccc1Cc1nc(C)c(C)c(Cl)n1. The van der Waals surface area contributed by atoms with Gasteiger partial charge in [0.25, 0.3) is 0 Å². The van der Waals surface area contributed by atoms with Gasteiger partial charge in [-0.3, -0.25) is 0 Å².